The summed E-state index contributed by atoms with van der Waals surface area (Å²) in [5, 5.41) is 20.1. The smallest absolute Gasteiger partial charge is 0.256 e. The van der Waals surface area contributed by atoms with Crippen LogP contribution in [0.15, 0.2) is 28.7 Å². The summed E-state index contributed by atoms with van der Waals surface area (Å²) in [5.74, 6) is -0.990. The van der Waals surface area contributed by atoms with Gasteiger partial charge >= 0.3 is 0 Å². The van der Waals surface area contributed by atoms with E-state index in [9.17, 15) is 18.6 Å². The Labute approximate surface area is 127 Å². The monoisotopic (exact) mass is 325 g/mol. The van der Waals surface area contributed by atoms with Gasteiger partial charge in [-0.15, -0.1) is 0 Å². The van der Waals surface area contributed by atoms with Crippen LogP contribution in [-0.4, -0.2) is 38.0 Å². The molecule has 0 bridgehead atoms. The number of hydrogen-bond acceptors (Lipinski definition) is 6. The van der Waals surface area contributed by atoms with Crippen LogP contribution in [0.3, 0.4) is 0 Å². The van der Waals surface area contributed by atoms with Gasteiger partial charge in [0.25, 0.3) is 5.88 Å². The molecule has 1 aliphatic heterocycles. The van der Waals surface area contributed by atoms with Crippen molar-refractivity contribution in [3.8, 4) is 28.6 Å². The lowest BCUT2D eigenvalue weighted by Crippen LogP contribution is -2.24. The standard InChI is InChI=1S/C14H15NO6S/c1-20-10-6-3-2-5-9(10)13-11(16)12(17)14(21-13)15-7-4-8-22(15,18)19/h2-3,5-6,16-17H,4,7-8H2,1H3. The number of benzene rings is 1. The van der Waals surface area contributed by atoms with Gasteiger partial charge in [-0.1, -0.05) is 12.1 Å². The Bertz CT molecular complexity index is 811. The molecular weight excluding hydrogens is 310 g/mol. The van der Waals surface area contributed by atoms with Crippen LogP contribution in [-0.2, 0) is 10.0 Å². The molecule has 118 valence electrons. The van der Waals surface area contributed by atoms with Crippen LogP contribution in [0.1, 0.15) is 6.42 Å². The molecule has 0 unspecified atom stereocenters. The highest BCUT2D eigenvalue weighted by Gasteiger charge is 2.36. The molecule has 8 heteroatoms. The maximum absolute atomic E-state index is 11.9. The molecule has 1 fully saturated rings. The Balaban J connectivity index is 2.14. The zero-order chi connectivity index (χ0) is 15.9. The van der Waals surface area contributed by atoms with Gasteiger partial charge < -0.3 is 19.4 Å². The second-order valence-corrected chi connectivity index (χ2v) is 6.89. The van der Waals surface area contributed by atoms with Gasteiger partial charge in [-0.2, -0.15) is 0 Å². The minimum Gasteiger partial charge on any atom is -0.502 e. The van der Waals surface area contributed by atoms with Gasteiger partial charge in [-0.25, -0.2) is 12.7 Å². The first kappa shape index (κ1) is 14.6. The topological polar surface area (TPSA) is 100 Å². The van der Waals surface area contributed by atoms with E-state index in [1.807, 2.05) is 0 Å². The fraction of sp³-hybridized carbons (Fsp3) is 0.286. The minimum atomic E-state index is -3.53. The van der Waals surface area contributed by atoms with Gasteiger partial charge in [-0.05, 0) is 18.6 Å². The molecule has 1 aliphatic rings. The average Bonchev–Trinajstić information content (AvgIpc) is 2.99. The summed E-state index contributed by atoms with van der Waals surface area (Å²) in [6.07, 6.45) is 0.438. The molecular formula is C14H15NO6S. The van der Waals surface area contributed by atoms with Crippen LogP contribution < -0.4 is 9.04 Å². The Kier molecular flexibility index (Phi) is 3.40. The van der Waals surface area contributed by atoms with Crippen LogP contribution in [0.5, 0.6) is 17.2 Å². The fourth-order valence-corrected chi connectivity index (χ4v) is 3.95. The number of rotatable bonds is 3. The number of nitrogens with zero attached hydrogens (tertiary/aromatic N) is 1. The molecule has 0 spiro atoms. The lowest BCUT2D eigenvalue weighted by atomic mass is 10.1. The van der Waals surface area contributed by atoms with Crippen molar-refractivity contribution in [1.29, 1.82) is 0 Å². The SMILES string of the molecule is COc1ccccc1-c1oc(N2CCCS2(=O)=O)c(O)c1O. The number of anilines is 1. The van der Waals surface area contributed by atoms with E-state index in [0.29, 0.717) is 17.7 Å². The second kappa shape index (κ2) is 5.13. The summed E-state index contributed by atoms with van der Waals surface area (Å²) in [7, 11) is -2.06. The number of sulfonamides is 1. The summed E-state index contributed by atoms with van der Waals surface area (Å²) in [5.41, 5.74) is 0.417. The minimum absolute atomic E-state index is 0.0160. The molecule has 22 heavy (non-hydrogen) atoms. The van der Waals surface area contributed by atoms with Crippen molar-refractivity contribution in [2.24, 2.45) is 0 Å². The Hall–Kier alpha value is -2.35. The predicted octanol–water partition coefficient (Wildman–Crippen LogP) is 1.91. The third kappa shape index (κ3) is 2.16. The first-order chi connectivity index (χ1) is 10.5. The van der Waals surface area contributed by atoms with E-state index in [1.54, 1.807) is 24.3 Å². The quantitative estimate of drug-likeness (QED) is 0.894. The number of ether oxygens (including phenoxy) is 1. The van der Waals surface area contributed by atoms with Crippen molar-refractivity contribution in [2.75, 3.05) is 23.7 Å². The number of furan rings is 1. The molecule has 2 N–H and O–H groups in total. The van der Waals surface area contributed by atoms with E-state index >= 15 is 0 Å². The van der Waals surface area contributed by atoms with Crippen molar-refractivity contribution in [3.63, 3.8) is 0 Å². The van der Waals surface area contributed by atoms with Crippen LogP contribution >= 0.6 is 0 Å². The lowest BCUT2D eigenvalue weighted by molar-refractivity contribution is 0.406. The van der Waals surface area contributed by atoms with E-state index in [0.717, 1.165) is 4.31 Å². The number of para-hydroxylation sites is 1. The van der Waals surface area contributed by atoms with Crippen molar-refractivity contribution >= 4 is 15.9 Å². The molecule has 0 radical (unpaired) electrons. The van der Waals surface area contributed by atoms with Crippen LogP contribution in [0, 0.1) is 0 Å². The molecule has 1 aromatic heterocycles. The van der Waals surface area contributed by atoms with Gasteiger partial charge in [0.2, 0.25) is 21.5 Å². The first-order valence-electron chi connectivity index (χ1n) is 6.64. The maximum Gasteiger partial charge on any atom is 0.256 e. The summed E-state index contributed by atoms with van der Waals surface area (Å²) < 4.78 is 35.5. The van der Waals surface area contributed by atoms with Gasteiger partial charge in [-0.3, -0.25) is 0 Å². The van der Waals surface area contributed by atoms with Gasteiger partial charge in [0.15, 0.2) is 5.76 Å². The van der Waals surface area contributed by atoms with Crippen molar-refractivity contribution in [3.05, 3.63) is 24.3 Å². The zero-order valence-corrected chi connectivity index (χ0v) is 12.6. The van der Waals surface area contributed by atoms with E-state index < -0.39 is 21.5 Å². The first-order valence-corrected chi connectivity index (χ1v) is 8.25. The molecule has 7 nitrogen and oxygen atoms in total. The van der Waals surface area contributed by atoms with Crippen LogP contribution in [0.4, 0.5) is 5.88 Å². The van der Waals surface area contributed by atoms with E-state index in [1.165, 1.54) is 7.11 Å². The van der Waals surface area contributed by atoms with Crippen molar-refractivity contribution in [1.82, 2.24) is 0 Å². The highest BCUT2D eigenvalue weighted by molar-refractivity contribution is 7.93. The molecule has 3 rings (SSSR count). The molecule has 0 aliphatic carbocycles. The highest BCUT2D eigenvalue weighted by Crippen LogP contribution is 2.49. The summed E-state index contributed by atoms with van der Waals surface area (Å²) in [6.45, 7) is 0.203. The summed E-state index contributed by atoms with van der Waals surface area (Å²) in [4.78, 5) is 0. The average molecular weight is 325 g/mol. The Morgan fingerprint density at radius 3 is 2.59 bits per heavy atom. The molecule has 0 saturated carbocycles. The predicted molar refractivity (Wildman–Crippen MR) is 79.8 cm³/mol. The van der Waals surface area contributed by atoms with Gasteiger partial charge in [0, 0.05) is 6.54 Å². The number of aromatic hydroxyl groups is 2. The second-order valence-electron chi connectivity index (χ2n) is 4.88. The number of hydrogen-bond donors (Lipinski definition) is 2. The van der Waals surface area contributed by atoms with Crippen LogP contribution in [0.25, 0.3) is 11.3 Å². The molecule has 2 aromatic rings. The van der Waals surface area contributed by atoms with Crippen molar-refractivity contribution < 1.29 is 27.8 Å². The molecule has 0 atom stereocenters. The number of methoxy groups -OCH3 is 1. The summed E-state index contributed by atoms with van der Waals surface area (Å²) >= 11 is 0. The highest BCUT2D eigenvalue weighted by atomic mass is 32.2. The Morgan fingerprint density at radius 1 is 1.23 bits per heavy atom. The third-order valence-corrected chi connectivity index (χ3v) is 5.34. The zero-order valence-electron chi connectivity index (χ0n) is 11.8. The van der Waals surface area contributed by atoms with E-state index in [4.69, 9.17) is 9.15 Å². The van der Waals surface area contributed by atoms with E-state index in [-0.39, 0.29) is 23.9 Å². The maximum atomic E-state index is 11.9. The normalized spacial score (nSPS) is 16.9. The van der Waals surface area contributed by atoms with E-state index in [2.05, 4.69) is 0 Å². The van der Waals surface area contributed by atoms with Gasteiger partial charge in [0.1, 0.15) is 5.75 Å². The molecule has 2 heterocycles. The largest absolute Gasteiger partial charge is 0.502 e. The lowest BCUT2D eigenvalue weighted by Gasteiger charge is -2.13. The van der Waals surface area contributed by atoms with Crippen LogP contribution in [0.2, 0.25) is 0 Å². The van der Waals surface area contributed by atoms with Crippen molar-refractivity contribution in [2.45, 2.75) is 6.42 Å². The Morgan fingerprint density at radius 2 is 1.95 bits per heavy atom. The molecule has 0 amide bonds. The van der Waals surface area contributed by atoms with Gasteiger partial charge in [0.05, 0.1) is 18.4 Å². The third-order valence-electron chi connectivity index (χ3n) is 3.52. The summed E-state index contributed by atoms with van der Waals surface area (Å²) in [6, 6.07) is 6.76. The molecule has 1 aromatic carbocycles. The fourth-order valence-electron chi connectivity index (χ4n) is 2.45. The molecule has 1 saturated heterocycles.